The van der Waals surface area contributed by atoms with Gasteiger partial charge in [0.25, 0.3) is 0 Å². The number of rotatable bonds is 5. The lowest BCUT2D eigenvalue weighted by Crippen LogP contribution is -2.41. The van der Waals surface area contributed by atoms with Crippen molar-refractivity contribution in [2.45, 2.75) is 26.2 Å². The summed E-state index contributed by atoms with van der Waals surface area (Å²) in [4.78, 5) is 0. The predicted molar refractivity (Wildman–Crippen MR) is 78.8 cm³/mol. The minimum absolute atomic E-state index is 0.114. The summed E-state index contributed by atoms with van der Waals surface area (Å²) in [6.07, 6.45) is 2.77. The zero-order chi connectivity index (χ0) is 13.7. The Labute approximate surface area is 122 Å². The third-order valence-corrected chi connectivity index (χ3v) is 4.38. The number of ether oxygens (including phenoxy) is 1. The molecule has 1 aliphatic heterocycles. The molecule has 1 heterocycles. The molecule has 4 heteroatoms. The Morgan fingerprint density at radius 3 is 2.74 bits per heavy atom. The van der Waals surface area contributed by atoms with Gasteiger partial charge in [0.05, 0.1) is 0 Å². The summed E-state index contributed by atoms with van der Waals surface area (Å²) >= 11 is 3.30. The Bertz CT molecular complexity index is 419. The Balaban J connectivity index is 2.14. The van der Waals surface area contributed by atoms with Crippen molar-refractivity contribution in [3.8, 4) is 0 Å². The molecule has 1 aliphatic rings. The quantitative estimate of drug-likeness (QED) is 0.892. The Kier molecular flexibility index (Phi) is 5.37. The van der Waals surface area contributed by atoms with Crippen LogP contribution in [0.5, 0.6) is 0 Å². The summed E-state index contributed by atoms with van der Waals surface area (Å²) in [6, 6.07) is 5.36. The number of hydrogen-bond donors (Lipinski definition) is 1. The minimum Gasteiger partial charge on any atom is -0.381 e. The standard InChI is InChI=1S/C15H21BrFNO/c1-2-18-11-15(5-7-19-8-6-15)10-12-3-4-13(16)9-14(12)17/h3-4,9,18H,2,5-8,10-11H2,1H3. The minimum atomic E-state index is -0.114. The molecule has 0 bridgehead atoms. The van der Waals surface area contributed by atoms with Crippen molar-refractivity contribution in [1.29, 1.82) is 0 Å². The second-order valence-electron chi connectivity index (χ2n) is 5.31. The van der Waals surface area contributed by atoms with E-state index in [1.807, 2.05) is 12.1 Å². The van der Waals surface area contributed by atoms with E-state index in [0.717, 1.165) is 55.6 Å². The van der Waals surface area contributed by atoms with E-state index >= 15 is 0 Å². The zero-order valence-corrected chi connectivity index (χ0v) is 12.9. The molecule has 1 aromatic carbocycles. The highest BCUT2D eigenvalue weighted by molar-refractivity contribution is 9.10. The number of nitrogens with one attached hydrogen (secondary N) is 1. The van der Waals surface area contributed by atoms with Crippen LogP contribution in [0.15, 0.2) is 22.7 Å². The van der Waals surface area contributed by atoms with Gasteiger partial charge >= 0.3 is 0 Å². The topological polar surface area (TPSA) is 21.3 Å². The van der Waals surface area contributed by atoms with Crippen LogP contribution in [-0.4, -0.2) is 26.3 Å². The van der Waals surface area contributed by atoms with E-state index in [4.69, 9.17) is 4.74 Å². The van der Waals surface area contributed by atoms with E-state index in [9.17, 15) is 4.39 Å². The maximum atomic E-state index is 14.0. The molecule has 0 spiro atoms. The van der Waals surface area contributed by atoms with Crippen molar-refractivity contribution in [1.82, 2.24) is 5.32 Å². The summed E-state index contributed by atoms with van der Waals surface area (Å²) in [5.41, 5.74) is 0.936. The second-order valence-corrected chi connectivity index (χ2v) is 6.22. The lowest BCUT2D eigenvalue weighted by atomic mass is 9.75. The highest BCUT2D eigenvalue weighted by Crippen LogP contribution is 2.34. The molecule has 2 nitrogen and oxygen atoms in total. The second kappa shape index (κ2) is 6.82. The molecule has 0 aromatic heterocycles. The average molecular weight is 330 g/mol. The van der Waals surface area contributed by atoms with Crippen molar-refractivity contribution < 1.29 is 9.13 Å². The molecule has 106 valence electrons. The first-order valence-corrected chi connectivity index (χ1v) is 7.67. The molecule has 0 atom stereocenters. The van der Waals surface area contributed by atoms with Crippen LogP contribution < -0.4 is 5.32 Å². The number of benzene rings is 1. The van der Waals surface area contributed by atoms with E-state index in [1.54, 1.807) is 6.07 Å². The molecular formula is C15H21BrFNO. The Hall–Kier alpha value is -0.450. The van der Waals surface area contributed by atoms with E-state index in [-0.39, 0.29) is 11.2 Å². The summed E-state index contributed by atoms with van der Waals surface area (Å²) in [6.45, 7) is 5.55. The molecule has 2 rings (SSSR count). The molecule has 19 heavy (non-hydrogen) atoms. The van der Waals surface area contributed by atoms with Crippen LogP contribution >= 0.6 is 15.9 Å². The summed E-state index contributed by atoms with van der Waals surface area (Å²) in [5.74, 6) is -0.114. The fourth-order valence-electron chi connectivity index (χ4n) is 2.68. The normalized spacial score (nSPS) is 18.5. The van der Waals surface area contributed by atoms with Crippen LogP contribution in [0.4, 0.5) is 4.39 Å². The van der Waals surface area contributed by atoms with E-state index in [1.165, 1.54) is 0 Å². The van der Waals surface area contributed by atoms with Crippen molar-refractivity contribution in [2.24, 2.45) is 5.41 Å². The van der Waals surface area contributed by atoms with Crippen LogP contribution in [-0.2, 0) is 11.2 Å². The maximum Gasteiger partial charge on any atom is 0.127 e. The van der Waals surface area contributed by atoms with Crippen molar-refractivity contribution >= 4 is 15.9 Å². The van der Waals surface area contributed by atoms with Gasteiger partial charge in [0.1, 0.15) is 5.82 Å². The van der Waals surface area contributed by atoms with E-state index < -0.39 is 0 Å². The Morgan fingerprint density at radius 1 is 1.37 bits per heavy atom. The third-order valence-electron chi connectivity index (χ3n) is 3.88. The predicted octanol–water partition coefficient (Wildman–Crippen LogP) is 3.54. The average Bonchev–Trinajstić information content (AvgIpc) is 2.41. The molecule has 0 saturated carbocycles. The van der Waals surface area contributed by atoms with Crippen molar-refractivity contribution in [3.63, 3.8) is 0 Å². The SMILES string of the molecule is CCNCC1(Cc2ccc(Br)cc2F)CCOCC1. The Morgan fingerprint density at radius 2 is 2.11 bits per heavy atom. The van der Waals surface area contributed by atoms with Gasteiger partial charge in [-0.1, -0.05) is 28.9 Å². The summed E-state index contributed by atoms with van der Waals surface area (Å²) in [7, 11) is 0. The summed E-state index contributed by atoms with van der Waals surface area (Å²) < 4.78 is 20.3. The lowest BCUT2D eigenvalue weighted by Gasteiger charge is -2.37. The molecule has 1 saturated heterocycles. The van der Waals surface area contributed by atoms with Crippen LogP contribution in [0.1, 0.15) is 25.3 Å². The van der Waals surface area contributed by atoms with Gasteiger partial charge in [-0.05, 0) is 48.9 Å². The van der Waals surface area contributed by atoms with Gasteiger partial charge in [-0.2, -0.15) is 0 Å². The molecule has 1 aromatic rings. The molecule has 0 aliphatic carbocycles. The largest absolute Gasteiger partial charge is 0.381 e. The molecule has 1 fully saturated rings. The lowest BCUT2D eigenvalue weighted by molar-refractivity contribution is 0.0148. The maximum absolute atomic E-state index is 14.0. The molecule has 0 radical (unpaired) electrons. The highest BCUT2D eigenvalue weighted by atomic mass is 79.9. The first-order valence-electron chi connectivity index (χ1n) is 6.88. The molecule has 1 N–H and O–H groups in total. The molecular weight excluding hydrogens is 309 g/mol. The van der Waals surface area contributed by atoms with Gasteiger partial charge in [-0.15, -0.1) is 0 Å². The van der Waals surface area contributed by atoms with Crippen LogP contribution in [0.2, 0.25) is 0 Å². The van der Waals surface area contributed by atoms with Gasteiger partial charge in [0.15, 0.2) is 0 Å². The van der Waals surface area contributed by atoms with Gasteiger partial charge in [-0.25, -0.2) is 4.39 Å². The smallest absolute Gasteiger partial charge is 0.127 e. The van der Waals surface area contributed by atoms with Crippen LogP contribution in [0.3, 0.4) is 0 Å². The first-order chi connectivity index (χ1) is 9.15. The fraction of sp³-hybridized carbons (Fsp3) is 0.600. The van der Waals surface area contributed by atoms with E-state index in [2.05, 4.69) is 28.2 Å². The number of hydrogen-bond acceptors (Lipinski definition) is 2. The first kappa shape index (κ1) is 14.9. The van der Waals surface area contributed by atoms with Crippen LogP contribution in [0.25, 0.3) is 0 Å². The number of halogens is 2. The zero-order valence-electron chi connectivity index (χ0n) is 11.3. The summed E-state index contributed by atoms with van der Waals surface area (Å²) in [5, 5.41) is 3.42. The van der Waals surface area contributed by atoms with Gasteiger partial charge < -0.3 is 10.1 Å². The van der Waals surface area contributed by atoms with Crippen LogP contribution in [0, 0.1) is 11.2 Å². The molecule has 0 amide bonds. The fourth-order valence-corrected chi connectivity index (χ4v) is 3.01. The van der Waals surface area contributed by atoms with Gasteiger partial charge in [0.2, 0.25) is 0 Å². The van der Waals surface area contributed by atoms with Gasteiger partial charge in [-0.3, -0.25) is 0 Å². The van der Waals surface area contributed by atoms with Gasteiger partial charge in [0, 0.05) is 24.2 Å². The monoisotopic (exact) mass is 329 g/mol. The highest BCUT2D eigenvalue weighted by Gasteiger charge is 2.33. The van der Waals surface area contributed by atoms with Crippen molar-refractivity contribution in [3.05, 3.63) is 34.1 Å². The molecule has 0 unspecified atom stereocenters. The van der Waals surface area contributed by atoms with E-state index in [0.29, 0.717) is 0 Å². The van der Waals surface area contributed by atoms with Crippen molar-refractivity contribution in [2.75, 3.05) is 26.3 Å². The third kappa shape index (κ3) is 4.01.